The van der Waals surface area contributed by atoms with Gasteiger partial charge in [-0.1, -0.05) is 11.8 Å². The number of methoxy groups -OCH3 is 1. The third kappa shape index (κ3) is 8.04. The van der Waals surface area contributed by atoms with Crippen molar-refractivity contribution in [2.75, 3.05) is 13.7 Å². The molecule has 0 aromatic carbocycles. The van der Waals surface area contributed by atoms with Crippen LogP contribution in [0.15, 0.2) is 0 Å². The van der Waals surface area contributed by atoms with E-state index in [4.69, 9.17) is 9.16 Å². The molecule has 13 heavy (non-hydrogen) atoms. The molecular formula is C10H20O2Si. The lowest BCUT2D eigenvalue weighted by Crippen LogP contribution is -2.37. The van der Waals surface area contributed by atoms with Crippen molar-refractivity contribution in [3.63, 3.8) is 0 Å². The molecule has 0 aromatic rings. The summed E-state index contributed by atoms with van der Waals surface area (Å²) in [5, 5.41) is 0. The molecule has 0 aliphatic carbocycles. The molecule has 0 fully saturated rings. The van der Waals surface area contributed by atoms with Crippen molar-refractivity contribution in [1.82, 2.24) is 0 Å². The molecule has 2 nitrogen and oxygen atoms in total. The maximum absolute atomic E-state index is 5.88. The van der Waals surface area contributed by atoms with E-state index in [2.05, 4.69) is 31.5 Å². The SMILES string of the molecule is COCC#CC(C)(C)O[Si](C)(C)C. The van der Waals surface area contributed by atoms with E-state index in [-0.39, 0.29) is 5.60 Å². The van der Waals surface area contributed by atoms with Crippen molar-refractivity contribution in [2.45, 2.75) is 39.1 Å². The van der Waals surface area contributed by atoms with Crippen molar-refractivity contribution in [3.05, 3.63) is 0 Å². The lowest BCUT2D eigenvalue weighted by molar-refractivity contribution is 0.163. The molecule has 0 aliphatic heterocycles. The van der Waals surface area contributed by atoms with Gasteiger partial charge in [0, 0.05) is 7.11 Å². The van der Waals surface area contributed by atoms with Gasteiger partial charge in [-0.3, -0.25) is 0 Å². The first kappa shape index (κ1) is 12.7. The van der Waals surface area contributed by atoms with Gasteiger partial charge >= 0.3 is 0 Å². The molecule has 0 saturated heterocycles. The Morgan fingerprint density at radius 2 is 1.77 bits per heavy atom. The van der Waals surface area contributed by atoms with Crippen LogP contribution in [0.5, 0.6) is 0 Å². The lowest BCUT2D eigenvalue weighted by atomic mass is 10.1. The summed E-state index contributed by atoms with van der Waals surface area (Å²) in [6.45, 7) is 10.9. The number of hydrogen-bond acceptors (Lipinski definition) is 2. The smallest absolute Gasteiger partial charge is 0.185 e. The minimum Gasteiger partial charge on any atom is -0.402 e. The van der Waals surface area contributed by atoms with Gasteiger partial charge in [-0.05, 0) is 33.5 Å². The van der Waals surface area contributed by atoms with Crippen LogP contribution in [0, 0.1) is 11.8 Å². The first-order valence-corrected chi connectivity index (χ1v) is 7.87. The highest BCUT2D eigenvalue weighted by atomic mass is 28.4. The molecule has 0 rings (SSSR count). The maximum Gasteiger partial charge on any atom is 0.185 e. The molecule has 0 N–H and O–H groups in total. The second kappa shape index (κ2) is 4.80. The molecule has 76 valence electrons. The number of ether oxygens (including phenoxy) is 1. The molecule has 0 heterocycles. The van der Waals surface area contributed by atoms with E-state index in [1.165, 1.54) is 0 Å². The van der Waals surface area contributed by atoms with Crippen molar-refractivity contribution in [1.29, 1.82) is 0 Å². The summed E-state index contributed by atoms with van der Waals surface area (Å²) >= 11 is 0. The van der Waals surface area contributed by atoms with Crippen LogP contribution in [0.25, 0.3) is 0 Å². The van der Waals surface area contributed by atoms with E-state index in [0.717, 1.165) is 0 Å². The molecule has 0 atom stereocenters. The van der Waals surface area contributed by atoms with Crippen molar-refractivity contribution in [2.24, 2.45) is 0 Å². The molecule has 0 amide bonds. The molecule has 0 unspecified atom stereocenters. The summed E-state index contributed by atoms with van der Waals surface area (Å²) in [6.07, 6.45) is 0. The highest BCUT2D eigenvalue weighted by Gasteiger charge is 2.25. The van der Waals surface area contributed by atoms with Crippen LogP contribution in [-0.2, 0) is 9.16 Å². The molecule has 0 saturated carbocycles. The fraction of sp³-hybridized carbons (Fsp3) is 0.800. The van der Waals surface area contributed by atoms with E-state index >= 15 is 0 Å². The maximum atomic E-state index is 5.88. The predicted octanol–water partition coefficient (Wildman–Crippen LogP) is 2.27. The topological polar surface area (TPSA) is 18.5 Å². The van der Waals surface area contributed by atoms with E-state index in [1.807, 2.05) is 13.8 Å². The van der Waals surface area contributed by atoms with Gasteiger partial charge in [0.1, 0.15) is 12.2 Å². The standard InChI is InChI=1S/C10H20O2Si/c1-10(2,8-7-9-11-3)12-13(4,5)6/h9H2,1-6H3. The molecule has 3 heteroatoms. The van der Waals surface area contributed by atoms with Crippen LogP contribution in [-0.4, -0.2) is 27.6 Å². The van der Waals surface area contributed by atoms with E-state index < -0.39 is 8.32 Å². The fourth-order valence-corrected chi connectivity index (χ4v) is 2.69. The Bertz CT molecular complexity index is 205. The molecule has 0 aliphatic rings. The van der Waals surface area contributed by atoms with Gasteiger partial charge in [-0.15, -0.1) is 0 Å². The van der Waals surface area contributed by atoms with Crippen LogP contribution in [0.4, 0.5) is 0 Å². The van der Waals surface area contributed by atoms with Crippen LogP contribution < -0.4 is 0 Å². The zero-order valence-electron chi connectivity index (χ0n) is 9.52. The van der Waals surface area contributed by atoms with Gasteiger partial charge in [0.25, 0.3) is 0 Å². The van der Waals surface area contributed by atoms with E-state index in [1.54, 1.807) is 7.11 Å². The highest BCUT2D eigenvalue weighted by Crippen LogP contribution is 2.15. The third-order valence-corrected chi connectivity index (χ3v) is 2.29. The van der Waals surface area contributed by atoms with Gasteiger partial charge in [0.2, 0.25) is 0 Å². The van der Waals surface area contributed by atoms with Crippen LogP contribution in [0.1, 0.15) is 13.8 Å². The first-order valence-electron chi connectivity index (χ1n) is 4.46. The van der Waals surface area contributed by atoms with Crippen molar-refractivity contribution in [3.8, 4) is 11.8 Å². The minimum atomic E-state index is -1.50. The number of rotatable bonds is 3. The van der Waals surface area contributed by atoms with Gasteiger partial charge in [-0.2, -0.15) is 0 Å². The predicted molar refractivity (Wildman–Crippen MR) is 58.2 cm³/mol. The second-order valence-corrected chi connectivity index (χ2v) is 8.89. The zero-order chi connectivity index (χ0) is 10.5. The average molecular weight is 200 g/mol. The highest BCUT2D eigenvalue weighted by molar-refractivity contribution is 6.69. The quantitative estimate of drug-likeness (QED) is 0.514. The first-order chi connectivity index (χ1) is 5.77. The molecular weight excluding hydrogens is 180 g/mol. The van der Waals surface area contributed by atoms with Crippen molar-refractivity contribution < 1.29 is 9.16 Å². The summed E-state index contributed by atoms with van der Waals surface area (Å²) < 4.78 is 10.7. The summed E-state index contributed by atoms with van der Waals surface area (Å²) in [5.74, 6) is 5.98. The summed E-state index contributed by atoms with van der Waals surface area (Å²) in [5.41, 5.74) is -0.344. The number of hydrogen-bond donors (Lipinski definition) is 0. The average Bonchev–Trinajstić information content (AvgIpc) is 1.81. The lowest BCUT2D eigenvalue weighted by Gasteiger charge is -2.28. The third-order valence-electron chi connectivity index (χ3n) is 1.17. The van der Waals surface area contributed by atoms with Gasteiger partial charge in [0.15, 0.2) is 8.32 Å². The van der Waals surface area contributed by atoms with E-state index in [9.17, 15) is 0 Å². The monoisotopic (exact) mass is 200 g/mol. The largest absolute Gasteiger partial charge is 0.402 e. The van der Waals surface area contributed by atoms with E-state index in [0.29, 0.717) is 6.61 Å². The zero-order valence-corrected chi connectivity index (χ0v) is 10.5. The van der Waals surface area contributed by atoms with Crippen LogP contribution in [0.3, 0.4) is 0 Å². The summed E-state index contributed by atoms with van der Waals surface area (Å²) in [7, 11) is 0.144. The summed E-state index contributed by atoms with van der Waals surface area (Å²) in [4.78, 5) is 0. The van der Waals surface area contributed by atoms with Crippen molar-refractivity contribution >= 4 is 8.32 Å². The molecule has 0 bridgehead atoms. The molecule has 0 radical (unpaired) electrons. The Balaban J connectivity index is 4.18. The Morgan fingerprint density at radius 1 is 1.23 bits per heavy atom. The Labute approximate surface area is 82.8 Å². The molecule has 0 spiro atoms. The fourth-order valence-electron chi connectivity index (χ4n) is 1.11. The second-order valence-electron chi connectivity index (χ2n) is 4.46. The van der Waals surface area contributed by atoms with Gasteiger partial charge < -0.3 is 9.16 Å². The minimum absolute atomic E-state index is 0.344. The van der Waals surface area contributed by atoms with Gasteiger partial charge in [0.05, 0.1) is 0 Å². The van der Waals surface area contributed by atoms with Crippen LogP contribution >= 0.6 is 0 Å². The Morgan fingerprint density at radius 3 is 2.15 bits per heavy atom. The normalized spacial score (nSPS) is 12.2. The Kier molecular flexibility index (Phi) is 4.69. The molecule has 0 aromatic heterocycles. The van der Waals surface area contributed by atoms with Crippen LogP contribution in [0.2, 0.25) is 19.6 Å². The summed E-state index contributed by atoms with van der Waals surface area (Å²) in [6, 6.07) is 0. The Hall–Kier alpha value is -0.303. The van der Waals surface area contributed by atoms with Gasteiger partial charge in [-0.25, -0.2) is 0 Å².